The molecule has 0 fully saturated rings. The summed E-state index contributed by atoms with van der Waals surface area (Å²) in [5.74, 6) is -0.195. The molecule has 0 bridgehead atoms. The molecule has 1 aromatic rings. The lowest BCUT2D eigenvalue weighted by Crippen LogP contribution is -2.33. The van der Waals surface area contributed by atoms with Crippen LogP contribution in [-0.2, 0) is 4.79 Å². The zero-order chi connectivity index (χ0) is 14.3. The molecule has 5 nitrogen and oxygen atoms in total. The second-order valence-corrected chi connectivity index (χ2v) is 4.52. The van der Waals surface area contributed by atoms with Crippen LogP contribution in [-0.4, -0.2) is 23.7 Å². The summed E-state index contributed by atoms with van der Waals surface area (Å²) in [5.41, 5.74) is -0.0891. The fraction of sp³-hybridized carbons (Fsp3) is 0.429. The largest absolute Gasteiger partial charge is 0.495 e. The standard InChI is InChI=1S/C14H18N2O3/c1-14(10-15,9-5-8-13(17)18)16-11-6-3-4-7-12(11)19-2/h3-4,6-7,16H,5,8-9H2,1-2H3,(H,17,18). The highest BCUT2D eigenvalue weighted by molar-refractivity contribution is 5.66. The lowest BCUT2D eigenvalue weighted by molar-refractivity contribution is -0.137. The number of nitriles is 1. The molecule has 0 aliphatic carbocycles. The van der Waals surface area contributed by atoms with Crippen molar-refractivity contribution >= 4 is 11.7 Å². The highest BCUT2D eigenvalue weighted by Gasteiger charge is 2.24. The number of anilines is 1. The van der Waals surface area contributed by atoms with Crippen molar-refractivity contribution in [3.05, 3.63) is 24.3 Å². The fourth-order valence-electron chi connectivity index (χ4n) is 1.78. The molecule has 1 rings (SSSR count). The molecular formula is C14H18N2O3. The summed E-state index contributed by atoms with van der Waals surface area (Å²) in [6.07, 6.45) is 0.959. The first-order chi connectivity index (χ1) is 9.00. The van der Waals surface area contributed by atoms with E-state index in [1.807, 2.05) is 18.2 Å². The Morgan fingerprint density at radius 3 is 2.79 bits per heavy atom. The third-order valence-electron chi connectivity index (χ3n) is 2.83. The molecule has 0 aliphatic rings. The summed E-state index contributed by atoms with van der Waals surface area (Å²) >= 11 is 0. The third kappa shape index (κ3) is 4.51. The molecule has 0 radical (unpaired) electrons. The molecule has 0 aliphatic heterocycles. The summed E-state index contributed by atoms with van der Waals surface area (Å²) in [7, 11) is 1.56. The zero-order valence-electron chi connectivity index (χ0n) is 11.1. The van der Waals surface area contributed by atoms with Crippen LogP contribution in [0.5, 0.6) is 5.75 Å². The van der Waals surface area contributed by atoms with Crippen molar-refractivity contribution in [3.63, 3.8) is 0 Å². The lowest BCUT2D eigenvalue weighted by Gasteiger charge is -2.25. The Kier molecular flexibility index (Phi) is 5.19. The predicted molar refractivity (Wildman–Crippen MR) is 72.1 cm³/mol. The van der Waals surface area contributed by atoms with E-state index >= 15 is 0 Å². The van der Waals surface area contributed by atoms with Gasteiger partial charge in [-0.25, -0.2) is 0 Å². The van der Waals surface area contributed by atoms with Crippen LogP contribution in [0.15, 0.2) is 24.3 Å². The molecule has 19 heavy (non-hydrogen) atoms. The monoisotopic (exact) mass is 262 g/mol. The van der Waals surface area contributed by atoms with Crippen LogP contribution < -0.4 is 10.1 Å². The number of nitrogens with zero attached hydrogens (tertiary/aromatic N) is 1. The first kappa shape index (κ1) is 14.8. The molecule has 1 aromatic carbocycles. The average Bonchev–Trinajstić information content (AvgIpc) is 2.39. The summed E-state index contributed by atoms with van der Waals surface area (Å²) in [5, 5.41) is 21.0. The molecule has 102 valence electrons. The van der Waals surface area contributed by atoms with Crippen LogP contribution in [0, 0.1) is 11.3 Å². The SMILES string of the molecule is COc1ccccc1NC(C)(C#N)CCCC(=O)O. The maximum absolute atomic E-state index is 10.5. The topological polar surface area (TPSA) is 82.3 Å². The molecule has 1 unspecified atom stereocenters. The Bertz CT molecular complexity index is 482. The molecular weight excluding hydrogens is 244 g/mol. The normalized spacial score (nSPS) is 13.1. The van der Waals surface area contributed by atoms with Crippen molar-refractivity contribution in [2.24, 2.45) is 0 Å². The van der Waals surface area contributed by atoms with E-state index in [9.17, 15) is 10.1 Å². The van der Waals surface area contributed by atoms with Crippen molar-refractivity contribution in [1.29, 1.82) is 5.26 Å². The van der Waals surface area contributed by atoms with Gasteiger partial charge >= 0.3 is 5.97 Å². The number of benzene rings is 1. The van der Waals surface area contributed by atoms with Crippen molar-refractivity contribution < 1.29 is 14.6 Å². The van der Waals surface area contributed by atoms with Crippen LogP contribution >= 0.6 is 0 Å². The maximum Gasteiger partial charge on any atom is 0.303 e. The van der Waals surface area contributed by atoms with Gasteiger partial charge < -0.3 is 15.2 Å². The first-order valence-corrected chi connectivity index (χ1v) is 6.05. The fourth-order valence-corrected chi connectivity index (χ4v) is 1.78. The Balaban J connectivity index is 2.75. The quantitative estimate of drug-likeness (QED) is 0.789. The van der Waals surface area contributed by atoms with Gasteiger partial charge in [-0.1, -0.05) is 12.1 Å². The van der Waals surface area contributed by atoms with Crippen LogP contribution in [0.1, 0.15) is 26.2 Å². The summed E-state index contributed by atoms with van der Waals surface area (Å²) in [6, 6.07) is 9.51. The average molecular weight is 262 g/mol. The molecule has 1 atom stereocenters. The van der Waals surface area contributed by atoms with Gasteiger partial charge in [-0.05, 0) is 31.9 Å². The van der Waals surface area contributed by atoms with Crippen molar-refractivity contribution in [2.75, 3.05) is 12.4 Å². The Hall–Kier alpha value is -2.22. The number of nitrogens with one attached hydrogen (secondary N) is 1. The van der Waals surface area contributed by atoms with Gasteiger partial charge in [0.2, 0.25) is 0 Å². The summed E-state index contributed by atoms with van der Waals surface area (Å²) < 4.78 is 5.21. The Morgan fingerprint density at radius 2 is 2.21 bits per heavy atom. The number of hydrogen-bond donors (Lipinski definition) is 2. The van der Waals surface area contributed by atoms with Gasteiger partial charge in [-0.3, -0.25) is 4.79 Å². The van der Waals surface area contributed by atoms with Gasteiger partial charge in [-0.2, -0.15) is 5.26 Å². The van der Waals surface area contributed by atoms with E-state index in [2.05, 4.69) is 11.4 Å². The predicted octanol–water partition coefficient (Wildman–Crippen LogP) is 2.64. The maximum atomic E-state index is 10.5. The van der Waals surface area contributed by atoms with E-state index in [0.717, 1.165) is 5.69 Å². The number of rotatable bonds is 7. The van der Waals surface area contributed by atoms with Gasteiger partial charge in [0.25, 0.3) is 0 Å². The number of carbonyl (C=O) groups is 1. The second kappa shape index (κ2) is 6.64. The summed E-state index contributed by atoms with van der Waals surface area (Å²) in [4.78, 5) is 10.5. The van der Waals surface area contributed by atoms with E-state index in [-0.39, 0.29) is 6.42 Å². The Morgan fingerprint density at radius 1 is 1.53 bits per heavy atom. The van der Waals surface area contributed by atoms with Gasteiger partial charge in [0.05, 0.1) is 18.9 Å². The first-order valence-electron chi connectivity index (χ1n) is 6.05. The van der Waals surface area contributed by atoms with E-state index in [0.29, 0.717) is 18.6 Å². The van der Waals surface area contributed by atoms with Crippen LogP contribution in [0.2, 0.25) is 0 Å². The zero-order valence-corrected chi connectivity index (χ0v) is 11.1. The number of carboxylic acid groups (broad SMARTS) is 1. The molecule has 2 N–H and O–H groups in total. The molecule has 0 saturated carbocycles. The van der Waals surface area contributed by atoms with Crippen molar-refractivity contribution in [1.82, 2.24) is 0 Å². The molecule has 0 aromatic heterocycles. The van der Waals surface area contributed by atoms with Crippen molar-refractivity contribution in [2.45, 2.75) is 31.7 Å². The number of aliphatic carboxylic acids is 1. The number of para-hydroxylation sites is 2. The van der Waals surface area contributed by atoms with Gasteiger partial charge in [0, 0.05) is 6.42 Å². The van der Waals surface area contributed by atoms with Gasteiger partial charge in [-0.15, -0.1) is 0 Å². The Labute approximate surface area is 112 Å². The van der Waals surface area contributed by atoms with Crippen LogP contribution in [0.3, 0.4) is 0 Å². The molecule has 0 saturated heterocycles. The minimum atomic E-state index is -0.849. The molecule has 0 heterocycles. The number of methoxy groups -OCH3 is 1. The molecule has 5 heteroatoms. The van der Waals surface area contributed by atoms with E-state index < -0.39 is 11.5 Å². The lowest BCUT2D eigenvalue weighted by atomic mass is 9.96. The molecule has 0 amide bonds. The minimum absolute atomic E-state index is 0.0604. The molecule has 0 spiro atoms. The number of ether oxygens (including phenoxy) is 1. The van der Waals surface area contributed by atoms with E-state index in [1.54, 1.807) is 20.1 Å². The van der Waals surface area contributed by atoms with Crippen LogP contribution in [0.4, 0.5) is 5.69 Å². The highest BCUT2D eigenvalue weighted by Crippen LogP contribution is 2.28. The van der Waals surface area contributed by atoms with E-state index in [4.69, 9.17) is 9.84 Å². The smallest absolute Gasteiger partial charge is 0.303 e. The number of hydrogen-bond acceptors (Lipinski definition) is 4. The second-order valence-electron chi connectivity index (χ2n) is 4.52. The van der Waals surface area contributed by atoms with E-state index in [1.165, 1.54) is 0 Å². The number of carboxylic acids is 1. The highest BCUT2D eigenvalue weighted by atomic mass is 16.5. The minimum Gasteiger partial charge on any atom is -0.495 e. The van der Waals surface area contributed by atoms with Gasteiger partial charge in [0.1, 0.15) is 11.3 Å². The summed E-state index contributed by atoms with van der Waals surface area (Å²) in [6.45, 7) is 1.75. The van der Waals surface area contributed by atoms with Crippen molar-refractivity contribution in [3.8, 4) is 11.8 Å². The third-order valence-corrected chi connectivity index (χ3v) is 2.83. The van der Waals surface area contributed by atoms with Gasteiger partial charge in [0.15, 0.2) is 0 Å². The van der Waals surface area contributed by atoms with Crippen LogP contribution in [0.25, 0.3) is 0 Å².